The number of benzene rings is 3. The molecule has 1 fully saturated rings. The number of hydrogen-bond donors (Lipinski definition) is 1. The summed E-state index contributed by atoms with van der Waals surface area (Å²) >= 11 is 6.17. The molecule has 0 unspecified atom stereocenters. The van der Waals surface area contributed by atoms with Crippen molar-refractivity contribution in [2.24, 2.45) is 0 Å². The number of anilines is 2. The number of nitrogens with zero attached hydrogens (tertiary/aromatic N) is 2. The Morgan fingerprint density at radius 3 is 2.24 bits per heavy atom. The molecule has 1 amide bonds. The summed E-state index contributed by atoms with van der Waals surface area (Å²) in [7, 11) is -3.74. The molecule has 1 heterocycles. The summed E-state index contributed by atoms with van der Waals surface area (Å²) in [6.07, 6.45) is 0. The van der Waals surface area contributed by atoms with Crippen molar-refractivity contribution in [3.05, 3.63) is 88.4 Å². The van der Waals surface area contributed by atoms with Crippen molar-refractivity contribution in [3.8, 4) is 0 Å². The van der Waals surface area contributed by atoms with Gasteiger partial charge in [0.2, 0.25) is 0 Å². The highest BCUT2D eigenvalue weighted by molar-refractivity contribution is 7.92. The summed E-state index contributed by atoms with van der Waals surface area (Å²) in [5.74, 6) is -0.113. The van der Waals surface area contributed by atoms with E-state index in [2.05, 4.69) is 9.62 Å². The molecule has 1 aliphatic heterocycles. The van der Waals surface area contributed by atoms with E-state index in [1.165, 1.54) is 12.1 Å². The maximum Gasteiger partial charge on any atom is 0.261 e. The fourth-order valence-corrected chi connectivity index (χ4v) is 5.23. The fraction of sp³-hybridized carbons (Fsp3) is 0.240. The van der Waals surface area contributed by atoms with Crippen molar-refractivity contribution in [1.29, 1.82) is 0 Å². The van der Waals surface area contributed by atoms with Gasteiger partial charge in [0, 0.05) is 42.5 Å². The minimum Gasteiger partial charge on any atom is -0.368 e. The third-order valence-electron chi connectivity index (χ3n) is 5.86. The van der Waals surface area contributed by atoms with Gasteiger partial charge in [-0.2, -0.15) is 0 Å². The lowest BCUT2D eigenvalue weighted by Crippen LogP contribution is -2.49. The lowest BCUT2D eigenvalue weighted by molar-refractivity contribution is 0.0747. The van der Waals surface area contributed by atoms with Crippen LogP contribution in [0.1, 0.15) is 21.5 Å². The maximum absolute atomic E-state index is 13.2. The molecule has 6 nitrogen and oxygen atoms in total. The third-order valence-corrected chi connectivity index (χ3v) is 7.48. The molecule has 0 spiro atoms. The normalized spacial score (nSPS) is 14.3. The zero-order chi connectivity index (χ0) is 23.6. The molecule has 0 aliphatic carbocycles. The number of aryl methyl sites for hydroxylation is 2. The van der Waals surface area contributed by atoms with Crippen molar-refractivity contribution >= 4 is 38.9 Å². The summed E-state index contributed by atoms with van der Waals surface area (Å²) in [6.45, 7) is 6.41. The summed E-state index contributed by atoms with van der Waals surface area (Å²) in [5, 5.41) is 0.694. The first-order chi connectivity index (χ1) is 15.7. The lowest BCUT2D eigenvalue weighted by Gasteiger charge is -2.37. The fourth-order valence-electron chi connectivity index (χ4n) is 3.92. The molecule has 4 rings (SSSR count). The van der Waals surface area contributed by atoms with Gasteiger partial charge < -0.3 is 9.80 Å². The number of nitrogens with one attached hydrogen (secondary N) is 1. The van der Waals surface area contributed by atoms with Gasteiger partial charge in [-0.05, 0) is 61.4 Å². The van der Waals surface area contributed by atoms with Crippen LogP contribution in [-0.2, 0) is 10.0 Å². The van der Waals surface area contributed by atoms with Gasteiger partial charge in [0.05, 0.1) is 10.6 Å². The van der Waals surface area contributed by atoms with Crippen molar-refractivity contribution in [2.75, 3.05) is 35.8 Å². The van der Waals surface area contributed by atoms with E-state index >= 15 is 0 Å². The summed E-state index contributed by atoms with van der Waals surface area (Å²) in [5.41, 5.74) is 3.83. The molecule has 33 heavy (non-hydrogen) atoms. The highest BCUT2D eigenvalue weighted by Crippen LogP contribution is 2.26. The second-order valence-corrected chi connectivity index (χ2v) is 10.3. The molecule has 0 bridgehead atoms. The largest absolute Gasteiger partial charge is 0.368 e. The SMILES string of the molecule is Cc1ccc(C(=O)N2CCN(c3cc(Cl)ccc3C)CC2)cc1NS(=O)(=O)c1ccccc1. The smallest absolute Gasteiger partial charge is 0.261 e. The second-order valence-electron chi connectivity index (χ2n) is 8.16. The molecule has 0 radical (unpaired) electrons. The topological polar surface area (TPSA) is 69.7 Å². The number of piperazine rings is 1. The van der Waals surface area contributed by atoms with Crippen LogP contribution in [0.3, 0.4) is 0 Å². The average molecular weight is 484 g/mol. The molecule has 0 aromatic heterocycles. The Balaban J connectivity index is 1.48. The maximum atomic E-state index is 13.2. The predicted molar refractivity (Wildman–Crippen MR) is 133 cm³/mol. The van der Waals surface area contributed by atoms with Crippen LogP contribution in [-0.4, -0.2) is 45.4 Å². The van der Waals surface area contributed by atoms with Crippen LogP contribution in [0.5, 0.6) is 0 Å². The third kappa shape index (κ3) is 5.15. The van der Waals surface area contributed by atoms with Gasteiger partial charge in [-0.25, -0.2) is 8.42 Å². The van der Waals surface area contributed by atoms with Crippen molar-refractivity contribution in [3.63, 3.8) is 0 Å². The van der Waals surface area contributed by atoms with Gasteiger partial charge in [-0.3, -0.25) is 9.52 Å². The van der Waals surface area contributed by atoms with Crippen molar-refractivity contribution < 1.29 is 13.2 Å². The highest BCUT2D eigenvalue weighted by Gasteiger charge is 2.24. The van der Waals surface area contributed by atoms with Crippen LogP contribution in [0.4, 0.5) is 11.4 Å². The standard InChI is InChI=1S/C25H26ClN3O3S/c1-18-8-10-20(16-23(18)27-33(31,32)22-6-4-3-5-7-22)25(30)29-14-12-28(13-15-29)24-17-21(26)11-9-19(24)2/h3-11,16-17,27H,12-15H2,1-2H3. The van der Waals surface area contributed by atoms with Gasteiger partial charge in [0.1, 0.15) is 0 Å². The number of amides is 1. The summed E-state index contributed by atoms with van der Waals surface area (Å²) < 4.78 is 28.1. The predicted octanol–water partition coefficient (Wildman–Crippen LogP) is 4.72. The number of hydrogen-bond acceptors (Lipinski definition) is 4. The van der Waals surface area contributed by atoms with E-state index in [0.717, 1.165) is 16.8 Å². The van der Waals surface area contributed by atoms with Gasteiger partial charge >= 0.3 is 0 Å². The first-order valence-corrected chi connectivity index (χ1v) is 12.6. The van der Waals surface area contributed by atoms with Crippen LogP contribution >= 0.6 is 11.6 Å². The number of halogens is 1. The minimum absolute atomic E-state index is 0.113. The molecule has 1 N–H and O–H groups in total. The van der Waals surface area contributed by atoms with Crippen LogP contribution in [0.15, 0.2) is 71.6 Å². The summed E-state index contributed by atoms with van der Waals surface area (Å²) in [4.78, 5) is 17.4. The first-order valence-electron chi connectivity index (χ1n) is 10.7. The van der Waals surface area contributed by atoms with E-state index in [-0.39, 0.29) is 10.8 Å². The van der Waals surface area contributed by atoms with Crippen LogP contribution < -0.4 is 9.62 Å². The molecule has 172 valence electrons. The summed E-state index contributed by atoms with van der Waals surface area (Å²) in [6, 6.07) is 19.1. The van der Waals surface area contributed by atoms with E-state index in [4.69, 9.17) is 11.6 Å². The Bertz CT molecular complexity index is 1270. The van der Waals surface area contributed by atoms with Crippen molar-refractivity contribution in [1.82, 2.24) is 4.90 Å². The van der Waals surface area contributed by atoms with Gasteiger partial charge in [0.25, 0.3) is 15.9 Å². The monoisotopic (exact) mass is 483 g/mol. The van der Waals surface area contributed by atoms with E-state index in [1.807, 2.05) is 32.0 Å². The number of carbonyl (C=O) groups excluding carboxylic acids is 1. The van der Waals surface area contributed by atoms with E-state index in [1.54, 1.807) is 41.3 Å². The lowest BCUT2D eigenvalue weighted by atomic mass is 10.1. The molecular weight excluding hydrogens is 458 g/mol. The first kappa shape index (κ1) is 23.1. The van der Waals surface area contributed by atoms with E-state index < -0.39 is 10.0 Å². The van der Waals surface area contributed by atoms with Gasteiger partial charge in [-0.15, -0.1) is 0 Å². The number of rotatable bonds is 5. The molecule has 0 saturated carbocycles. The van der Waals surface area contributed by atoms with Crippen molar-refractivity contribution in [2.45, 2.75) is 18.7 Å². The molecule has 3 aromatic rings. The molecule has 0 atom stereocenters. The van der Waals surface area contributed by atoms with Crippen LogP contribution in [0, 0.1) is 13.8 Å². The zero-order valence-electron chi connectivity index (χ0n) is 18.6. The van der Waals surface area contributed by atoms with Crippen LogP contribution in [0.25, 0.3) is 0 Å². The zero-order valence-corrected chi connectivity index (χ0v) is 20.2. The van der Waals surface area contributed by atoms with Crippen LogP contribution in [0.2, 0.25) is 5.02 Å². The molecule has 1 aliphatic rings. The molecule has 3 aromatic carbocycles. The molecular formula is C25H26ClN3O3S. The number of carbonyl (C=O) groups is 1. The molecule has 8 heteroatoms. The van der Waals surface area contributed by atoms with Gasteiger partial charge in [0.15, 0.2) is 0 Å². The van der Waals surface area contributed by atoms with Gasteiger partial charge in [-0.1, -0.05) is 41.9 Å². The highest BCUT2D eigenvalue weighted by atomic mass is 35.5. The Morgan fingerprint density at radius 2 is 1.55 bits per heavy atom. The average Bonchev–Trinajstić information content (AvgIpc) is 2.82. The Kier molecular flexibility index (Phi) is 6.63. The number of sulfonamides is 1. The minimum atomic E-state index is -3.74. The van der Waals surface area contributed by atoms with E-state index in [9.17, 15) is 13.2 Å². The Labute approximate surface area is 199 Å². The molecule has 1 saturated heterocycles. The van der Waals surface area contributed by atoms with E-state index in [0.29, 0.717) is 42.5 Å². The quantitative estimate of drug-likeness (QED) is 0.570. The Hall–Kier alpha value is -3.03. The second kappa shape index (κ2) is 9.45. The Morgan fingerprint density at radius 1 is 0.879 bits per heavy atom.